The number of unbranched alkanes of at least 4 members (excludes halogenated alkanes) is 32. The van der Waals surface area contributed by atoms with Crippen molar-refractivity contribution in [2.75, 3.05) is 19.8 Å². The van der Waals surface area contributed by atoms with E-state index in [1.165, 1.54) is 193 Å². The van der Waals surface area contributed by atoms with Gasteiger partial charge < -0.3 is 14.2 Å². The molecule has 0 rings (SSSR count). The van der Waals surface area contributed by atoms with Crippen molar-refractivity contribution >= 4 is 11.9 Å². The lowest BCUT2D eigenvalue weighted by Crippen LogP contribution is -2.30. The normalized spacial score (nSPS) is 12.6. The number of esters is 2. The molecule has 384 valence electrons. The first-order chi connectivity index (χ1) is 32.6. The first-order valence-electron chi connectivity index (χ1n) is 28.8. The second kappa shape index (κ2) is 56.9. The predicted molar refractivity (Wildman–Crippen MR) is 288 cm³/mol. The molecule has 0 fully saturated rings. The smallest absolute Gasteiger partial charge is 0.306 e. The van der Waals surface area contributed by atoms with Crippen LogP contribution in [0, 0.1) is 0 Å². The molecule has 0 radical (unpaired) electrons. The second-order valence-electron chi connectivity index (χ2n) is 19.2. The van der Waals surface area contributed by atoms with Crippen molar-refractivity contribution in [3.05, 3.63) is 60.8 Å². The summed E-state index contributed by atoms with van der Waals surface area (Å²) in [5, 5.41) is 0. The van der Waals surface area contributed by atoms with Crippen LogP contribution in [0.15, 0.2) is 60.8 Å². The number of rotatable bonds is 53. The van der Waals surface area contributed by atoms with E-state index >= 15 is 0 Å². The van der Waals surface area contributed by atoms with E-state index in [4.69, 9.17) is 14.2 Å². The Balaban J connectivity index is 4.30. The Bertz CT molecular complexity index is 1130. The molecular weight excluding hydrogens is 813 g/mol. The molecule has 0 spiro atoms. The highest BCUT2D eigenvalue weighted by atomic mass is 16.6. The fraction of sp³-hybridized carbons (Fsp3) is 0.803. The minimum Gasteiger partial charge on any atom is -0.462 e. The number of hydrogen-bond donors (Lipinski definition) is 0. The Morgan fingerprint density at radius 1 is 0.333 bits per heavy atom. The maximum Gasteiger partial charge on any atom is 0.306 e. The Kier molecular flexibility index (Phi) is 54.9. The highest BCUT2D eigenvalue weighted by molar-refractivity contribution is 5.70. The lowest BCUT2D eigenvalue weighted by molar-refractivity contribution is -0.163. The van der Waals surface area contributed by atoms with Gasteiger partial charge in [-0.3, -0.25) is 9.59 Å². The average molecular weight is 924 g/mol. The van der Waals surface area contributed by atoms with Crippen LogP contribution >= 0.6 is 0 Å². The van der Waals surface area contributed by atoms with Gasteiger partial charge >= 0.3 is 11.9 Å². The van der Waals surface area contributed by atoms with Crippen molar-refractivity contribution < 1.29 is 23.8 Å². The fourth-order valence-corrected chi connectivity index (χ4v) is 8.15. The summed E-state index contributed by atoms with van der Waals surface area (Å²) >= 11 is 0. The van der Waals surface area contributed by atoms with E-state index in [-0.39, 0.29) is 25.2 Å². The van der Waals surface area contributed by atoms with Crippen molar-refractivity contribution in [2.45, 2.75) is 297 Å². The number of carbonyl (C=O) groups is 2. The van der Waals surface area contributed by atoms with Gasteiger partial charge in [0.05, 0.1) is 6.61 Å². The van der Waals surface area contributed by atoms with Crippen LogP contribution in [0.25, 0.3) is 0 Å². The molecule has 0 heterocycles. The Labute approximate surface area is 411 Å². The molecule has 0 aromatic carbocycles. The van der Waals surface area contributed by atoms with Gasteiger partial charge in [0, 0.05) is 19.4 Å². The summed E-state index contributed by atoms with van der Waals surface area (Å²) in [4.78, 5) is 25.5. The molecule has 0 aliphatic rings. The van der Waals surface area contributed by atoms with Gasteiger partial charge in [-0.1, -0.05) is 229 Å². The zero-order valence-corrected chi connectivity index (χ0v) is 44.2. The van der Waals surface area contributed by atoms with Gasteiger partial charge in [0.25, 0.3) is 0 Å². The van der Waals surface area contributed by atoms with Crippen molar-refractivity contribution in [3.8, 4) is 0 Å². The van der Waals surface area contributed by atoms with E-state index in [2.05, 4.69) is 81.5 Å². The zero-order chi connectivity index (χ0) is 47.7. The van der Waals surface area contributed by atoms with Gasteiger partial charge in [-0.2, -0.15) is 0 Å². The summed E-state index contributed by atoms with van der Waals surface area (Å²) in [7, 11) is 0. The molecule has 0 aromatic heterocycles. The summed E-state index contributed by atoms with van der Waals surface area (Å²) in [6.07, 6.45) is 72.3. The van der Waals surface area contributed by atoms with Gasteiger partial charge in [0.1, 0.15) is 6.61 Å². The molecule has 66 heavy (non-hydrogen) atoms. The summed E-state index contributed by atoms with van der Waals surface area (Å²) in [6.45, 7) is 7.78. The van der Waals surface area contributed by atoms with Crippen molar-refractivity contribution in [2.24, 2.45) is 0 Å². The third-order valence-corrected chi connectivity index (χ3v) is 12.5. The maximum absolute atomic E-state index is 12.9. The van der Waals surface area contributed by atoms with E-state index in [1.807, 2.05) is 0 Å². The van der Waals surface area contributed by atoms with Crippen molar-refractivity contribution in [1.29, 1.82) is 0 Å². The van der Waals surface area contributed by atoms with Gasteiger partial charge in [0.15, 0.2) is 6.10 Å². The summed E-state index contributed by atoms with van der Waals surface area (Å²) < 4.78 is 17.5. The summed E-state index contributed by atoms with van der Waals surface area (Å²) in [5.74, 6) is -0.408. The molecular formula is C61H110O5. The van der Waals surface area contributed by atoms with Crippen LogP contribution in [0.3, 0.4) is 0 Å². The molecule has 1 unspecified atom stereocenters. The fourth-order valence-electron chi connectivity index (χ4n) is 8.15. The standard InChI is InChI=1S/C61H110O5/c1-4-7-10-13-16-19-22-25-28-31-33-36-39-42-45-48-51-54-60(62)65-58-59(57-64-56-53-50-47-44-41-38-35-30-27-24-21-18-15-12-9-6-3)66-61(63)55-52-49-46-43-40-37-34-32-29-26-23-20-17-14-11-8-5-2/h16-17,19-20,25-30,59H,4-15,18,21-24,31-58H2,1-3H3/b19-16-,20-17-,28-25-,29-26-,30-27-. The molecule has 5 nitrogen and oxygen atoms in total. The van der Waals surface area contributed by atoms with E-state index in [0.29, 0.717) is 19.4 Å². The minimum absolute atomic E-state index is 0.0760. The maximum atomic E-state index is 12.9. The Morgan fingerprint density at radius 3 is 1.05 bits per heavy atom. The zero-order valence-electron chi connectivity index (χ0n) is 44.2. The van der Waals surface area contributed by atoms with Gasteiger partial charge in [0.2, 0.25) is 0 Å². The summed E-state index contributed by atoms with van der Waals surface area (Å²) in [6, 6.07) is 0. The average Bonchev–Trinajstić information content (AvgIpc) is 3.32. The van der Waals surface area contributed by atoms with Crippen LogP contribution in [0.4, 0.5) is 0 Å². The van der Waals surface area contributed by atoms with Crippen LogP contribution < -0.4 is 0 Å². The molecule has 0 amide bonds. The van der Waals surface area contributed by atoms with Crippen molar-refractivity contribution in [3.63, 3.8) is 0 Å². The van der Waals surface area contributed by atoms with Gasteiger partial charge in [-0.25, -0.2) is 0 Å². The van der Waals surface area contributed by atoms with E-state index in [9.17, 15) is 9.59 Å². The monoisotopic (exact) mass is 923 g/mol. The van der Waals surface area contributed by atoms with E-state index in [1.54, 1.807) is 0 Å². The Hall–Kier alpha value is -2.40. The lowest BCUT2D eigenvalue weighted by Gasteiger charge is -2.18. The topological polar surface area (TPSA) is 61.8 Å². The van der Waals surface area contributed by atoms with Gasteiger partial charge in [-0.15, -0.1) is 0 Å². The van der Waals surface area contributed by atoms with Crippen LogP contribution in [-0.2, 0) is 23.8 Å². The van der Waals surface area contributed by atoms with Crippen molar-refractivity contribution in [1.82, 2.24) is 0 Å². The predicted octanol–water partition coefficient (Wildman–Crippen LogP) is 19.7. The molecule has 0 saturated heterocycles. The first kappa shape index (κ1) is 63.6. The Morgan fingerprint density at radius 2 is 0.636 bits per heavy atom. The quantitative estimate of drug-likeness (QED) is 0.0346. The van der Waals surface area contributed by atoms with Gasteiger partial charge in [-0.05, 0) is 109 Å². The van der Waals surface area contributed by atoms with Crippen LogP contribution in [0.2, 0.25) is 0 Å². The SMILES string of the molecule is CCCCC/C=C\C/C=C\CCCCCCCCCC(=O)OCC(COCCCCCCCC/C=C\CCCCCCCC)OC(=O)CCCCCCCCC/C=C\C/C=C\CCCCC. The van der Waals surface area contributed by atoms with E-state index in [0.717, 1.165) is 64.2 Å². The molecule has 0 bridgehead atoms. The van der Waals surface area contributed by atoms with Crippen LogP contribution in [-0.4, -0.2) is 37.9 Å². The number of allylic oxidation sites excluding steroid dienone is 10. The number of carbonyl (C=O) groups excluding carboxylic acids is 2. The molecule has 1 atom stereocenters. The van der Waals surface area contributed by atoms with Crippen LogP contribution in [0.1, 0.15) is 290 Å². The molecule has 0 saturated carbocycles. The molecule has 0 aromatic rings. The first-order valence-corrected chi connectivity index (χ1v) is 28.8. The molecule has 0 aliphatic carbocycles. The lowest BCUT2D eigenvalue weighted by atomic mass is 10.1. The van der Waals surface area contributed by atoms with Crippen LogP contribution in [0.5, 0.6) is 0 Å². The highest BCUT2D eigenvalue weighted by Gasteiger charge is 2.17. The minimum atomic E-state index is -0.548. The van der Waals surface area contributed by atoms with E-state index < -0.39 is 6.10 Å². The molecule has 0 N–H and O–H groups in total. The largest absolute Gasteiger partial charge is 0.462 e. The third-order valence-electron chi connectivity index (χ3n) is 12.5. The molecule has 0 aliphatic heterocycles. The number of hydrogen-bond acceptors (Lipinski definition) is 5. The number of ether oxygens (including phenoxy) is 3. The highest BCUT2D eigenvalue weighted by Crippen LogP contribution is 2.15. The summed E-state index contributed by atoms with van der Waals surface area (Å²) in [5.41, 5.74) is 0. The molecule has 5 heteroatoms. The third kappa shape index (κ3) is 54.2. The second-order valence-corrected chi connectivity index (χ2v) is 19.2.